The first-order valence-electron chi connectivity index (χ1n) is 8.88. The molecular weight excluding hydrogens is 426 g/mol. The van der Waals surface area contributed by atoms with Crippen LogP contribution in [-0.2, 0) is 12.8 Å². The van der Waals surface area contributed by atoms with Crippen molar-refractivity contribution in [1.82, 2.24) is 15.0 Å². The van der Waals surface area contributed by atoms with E-state index in [1.54, 1.807) is 18.2 Å². The Hall–Kier alpha value is -2.81. The Kier molecular flexibility index (Phi) is 6.21. The molecule has 0 spiro atoms. The fourth-order valence-corrected chi connectivity index (χ4v) is 2.90. The maximum absolute atomic E-state index is 13.9. The van der Waals surface area contributed by atoms with E-state index in [0.717, 1.165) is 5.82 Å². The van der Waals surface area contributed by atoms with Gasteiger partial charge in [-0.1, -0.05) is 25.4 Å². The molecule has 0 unspecified atom stereocenters. The van der Waals surface area contributed by atoms with Gasteiger partial charge in [0.15, 0.2) is 0 Å². The molecule has 5 nitrogen and oxygen atoms in total. The number of nitrogens with one attached hydrogen (secondary N) is 1. The maximum Gasteiger partial charge on any atom is 0.417 e. The zero-order chi connectivity index (χ0) is 22.1. The molecule has 1 aromatic carbocycles. The van der Waals surface area contributed by atoms with E-state index in [2.05, 4.69) is 15.0 Å². The predicted octanol–water partition coefficient (Wildman–Crippen LogP) is 5.99. The van der Waals surface area contributed by atoms with Crippen LogP contribution in [0.15, 0.2) is 30.5 Å². The van der Waals surface area contributed by atoms with Crippen molar-refractivity contribution in [2.24, 2.45) is 0 Å². The summed E-state index contributed by atoms with van der Waals surface area (Å²) in [5, 5.41) is 0.363. The molecule has 0 atom stereocenters. The molecular formula is C20H18ClF4N3O2. The number of pyridine rings is 1. The Labute approximate surface area is 175 Å². The van der Waals surface area contributed by atoms with Crippen LogP contribution in [0.5, 0.6) is 11.5 Å². The summed E-state index contributed by atoms with van der Waals surface area (Å²) < 4.78 is 62.7. The van der Waals surface area contributed by atoms with E-state index in [1.165, 1.54) is 7.11 Å². The quantitative estimate of drug-likeness (QED) is 0.475. The summed E-state index contributed by atoms with van der Waals surface area (Å²) in [7, 11) is 1.46. The number of methoxy groups -OCH3 is 1. The molecule has 0 aliphatic rings. The fourth-order valence-electron chi connectivity index (χ4n) is 2.66. The molecule has 0 saturated heterocycles. The van der Waals surface area contributed by atoms with Gasteiger partial charge in [0.2, 0.25) is 0 Å². The highest BCUT2D eigenvalue weighted by Gasteiger charge is 2.32. The molecule has 0 saturated carbocycles. The Bertz CT molecular complexity index is 1050. The van der Waals surface area contributed by atoms with E-state index in [4.69, 9.17) is 21.1 Å². The highest BCUT2D eigenvalue weighted by atomic mass is 35.5. The molecule has 3 aromatic rings. The molecule has 10 heteroatoms. The number of hydrogen-bond acceptors (Lipinski definition) is 4. The Morgan fingerprint density at radius 2 is 1.93 bits per heavy atom. The van der Waals surface area contributed by atoms with E-state index in [-0.39, 0.29) is 18.2 Å². The van der Waals surface area contributed by atoms with Crippen molar-refractivity contribution in [3.63, 3.8) is 0 Å². The van der Waals surface area contributed by atoms with Crippen molar-refractivity contribution in [1.29, 1.82) is 0 Å². The van der Waals surface area contributed by atoms with E-state index in [0.29, 0.717) is 40.2 Å². The first kappa shape index (κ1) is 21.9. The standard InChI is InChI=1S/C20H18ClF4N3O2/c1-10(2)19-27-17(18(21)28-19)13-5-4-12(7-16(13)29-3)30-9-15-14(22)6-11(8-26-15)20(23,24)25/h4-8,10H,9H2,1-3H3,(H,27,28). The number of nitrogens with zero attached hydrogens (tertiary/aromatic N) is 2. The number of rotatable bonds is 6. The molecule has 2 aromatic heterocycles. The number of imidazole rings is 1. The van der Waals surface area contributed by atoms with Gasteiger partial charge in [-0.3, -0.25) is 4.98 Å². The summed E-state index contributed by atoms with van der Waals surface area (Å²) in [5.41, 5.74) is -0.273. The number of hydrogen-bond donors (Lipinski definition) is 1. The van der Waals surface area contributed by atoms with Gasteiger partial charge in [-0.25, -0.2) is 9.37 Å². The third-order valence-electron chi connectivity index (χ3n) is 4.27. The van der Waals surface area contributed by atoms with Gasteiger partial charge in [0.25, 0.3) is 0 Å². The molecule has 1 N–H and O–H groups in total. The van der Waals surface area contributed by atoms with Gasteiger partial charge in [-0.15, -0.1) is 0 Å². The Morgan fingerprint density at radius 3 is 2.50 bits per heavy atom. The number of aromatic nitrogens is 3. The van der Waals surface area contributed by atoms with Crippen LogP contribution >= 0.6 is 11.6 Å². The monoisotopic (exact) mass is 443 g/mol. The minimum Gasteiger partial charge on any atom is -0.496 e. The zero-order valence-corrected chi connectivity index (χ0v) is 17.0. The van der Waals surface area contributed by atoms with Gasteiger partial charge in [0.05, 0.1) is 12.7 Å². The lowest BCUT2D eigenvalue weighted by atomic mass is 10.1. The lowest BCUT2D eigenvalue weighted by Crippen LogP contribution is -2.09. The first-order valence-corrected chi connectivity index (χ1v) is 9.26. The lowest BCUT2D eigenvalue weighted by Gasteiger charge is -2.12. The number of halogens is 5. The van der Waals surface area contributed by atoms with Crippen LogP contribution in [0.4, 0.5) is 17.6 Å². The van der Waals surface area contributed by atoms with E-state index in [1.807, 2.05) is 13.8 Å². The number of benzene rings is 1. The van der Waals surface area contributed by atoms with Gasteiger partial charge in [-0.2, -0.15) is 13.2 Å². The second-order valence-corrected chi connectivity index (χ2v) is 7.12. The van der Waals surface area contributed by atoms with E-state index in [9.17, 15) is 17.6 Å². The average Bonchev–Trinajstić information content (AvgIpc) is 3.08. The topological polar surface area (TPSA) is 60.0 Å². The minimum absolute atomic E-state index is 0.149. The van der Waals surface area contributed by atoms with Crippen molar-refractivity contribution in [3.05, 3.63) is 58.5 Å². The summed E-state index contributed by atoms with van der Waals surface area (Å²) in [6, 6.07) is 5.22. The van der Waals surface area contributed by atoms with E-state index < -0.39 is 17.6 Å². The normalized spacial score (nSPS) is 11.8. The fraction of sp³-hybridized carbons (Fsp3) is 0.300. The zero-order valence-electron chi connectivity index (χ0n) is 16.3. The molecule has 0 aliphatic carbocycles. The van der Waals surface area contributed by atoms with Crippen LogP contribution in [0.25, 0.3) is 11.3 Å². The van der Waals surface area contributed by atoms with Crippen molar-refractivity contribution in [3.8, 4) is 22.8 Å². The van der Waals surface area contributed by atoms with Gasteiger partial charge < -0.3 is 14.5 Å². The van der Waals surface area contributed by atoms with Crippen molar-refractivity contribution in [2.45, 2.75) is 32.5 Å². The van der Waals surface area contributed by atoms with Crippen molar-refractivity contribution < 1.29 is 27.0 Å². The maximum atomic E-state index is 13.9. The van der Waals surface area contributed by atoms with Crippen molar-refractivity contribution in [2.75, 3.05) is 7.11 Å². The van der Waals surface area contributed by atoms with Crippen LogP contribution in [0.2, 0.25) is 5.15 Å². The number of ether oxygens (including phenoxy) is 2. The molecule has 0 fully saturated rings. The Morgan fingerprint density at radius 1 is 1.20 bits per heavy atom. The summed E-state index contributed by atoms with van der Waals surface area (Å²) in [4.78, 5) is 11.0. The van der Waals surface area contributed by atoms with Gasteiger partial charge in [-0.05, 0) is 18.2 Å². The van der Waals surface area contributed by atoms with Crippen LogP contribution in [0.3, 0.4) is 0 Å². The van der Waals surface area contributed by atoms with Crippen molar-refractivity contribution >= 4 is 11.6 Å². The molecule has 0 aliphatic heterocycles. The largest absolute Gasteiger partial charge is 0.496 e. The Balaban J connectivity index is 1.81. The smallest absolute Gasteiger partial charge is 0.417 e. The number of aromatic amines is 1. The lowest BCUT2D eigenvalue weighted by molar-refractivity contribution is -0.138. The second kappa shape index (κ2) is 8.51. The molecule has 0 radical (unpaired) electrons. The average molecular weight is 444 g/mol. The summed E-state index contributed by atoms with van der Waals surface area (Å²) >= 11 is 6.26. The predicted molar refractivity (Wildman–Crippen MR) is 103 cm³/mol. The SMILES string of the molecule is COc1cc(OCc2ncc(C(F)(F)F)cc2F)ccc1-c1nc(C(C)C)[nH]c1Cl. The molecule has 30 heavy (non-hydrogen) atoms. The molecule has 160 valence electrons. The van der Waals surface area contributed by atoms with Crippen LogP contribution in [0, 0.1) is 5.82 Å². The van der Waals surface area contributed by atoms with Gasteiger partial charge in [0.1, 0.15) is 46.3 Å². The highest BCUT2D eigenvalue weighted by molar-refractivity contribution is 6.32. The van der Waals surface area contributed by atoms with Crippen LogP contribution in [-0.4, -0.2) is 22.1 Å². The van der Waals surface area contributed by atoms with Crippen LogP contribution in [0.1, 0.15) is 36.8 Å². The number of alkyl halides is 3. The number of H-pyrrole nitrogens is 1. The summed E-state index contributed by atoms with van der Waals surface area (Å²) in [6.45, 7) is 3.59. The van der Waals surface area contributed by atoms with Crippen LogP contribution < -0.4 is 9.47 Å². The summed E-state index contributed by atoms with van der Waals surface area (Å²) in [6.07, 6.45) is -4.10. The molecule has 0 amide bonds. The summed E-state index contributed by atoms with van der Waals surface area (Å²) in [5.74, 6) is 0.500. The molecule has 3 rings (SSSR count). The molecule has 2 heterocycles. The van der Waals surface area contributed by atoms with Gasteiger partial charge in [0, 0.05) is 23.7 Å². The van der Waals surface area contributed by atoms with E-state index >= 15 is 0 Å². The second-order valence-electron chi connectivity index (χ2n) is 6.74. The highest BCUT2D eigenvalue weighted by Crippen LogP contribution is 2.37. The minimum atomic E-state index is -4.67. The van der Waals surface area contributed by atoms with Gasteiger partial charge >= 0.3 is 6.18 Å². The third-order valence-corrected chi connectivity index (χ3v) is 4.55. The third kappa shape index (κ3) is 4.67. The first-order chi connectivity index (χ1) is 14.1. The molecule has 0 bridgehead atoms.